The van der Waals surface area contributed by atoms with Gasteiger partial charge in [0.1, 0.15) is 5.75 Å². The normalized spacial score (nSPS) is 18.9. The maximum absolute atomic E-state index is 12.1. The number of hydrogen-bond donors (Lipinski definition) is 1. The lowest BCUT2D eigenvalue weighted by atomic mass is 10.0. The molecule has 104 valence electrons. The van der Waals surface area contributed by atoms with Crippen LogP contribution in [-0.4, -0.2) is 32.8 Å². The topological polar surface area (TPSA) is 47.6 Å². The van der Waals surface area contributed by atoms with Gasteiger partial charge >= 0.3 is 0 Å². The number of halogens is 1. The third kappa shape index (κ3) is 3.94. The minimum absolute atomic E-state index is 0.0867. The van der Waals surface area contributed by atoms with E-state index >= 15 is 0 Å². The van der Waals surface area contributed by atoms with Gasteiger partial charge in [0.25, 0.3) is 5.91 Å². The Kier molecular flexibility index (Phi) is 5.22. The zero-order valence-corrected chi connectivity index (χ0v) is 12.5. The van der Waals surface area contributed by atoms with Gasteiger partial charge in [-0.25, -0.2) is 0 Å². The molecule has 0 saturated carbocycles. The first kappa shape index (κ1) is 14.3. The molecule has 1 unspecified atom stereocenters. The minimum atomic E-state index is -0.0867. The summed E-state index contributed by atoms with van der Waals surface area (Å²) in [5.41, 5.74) is 0.594. The van der Waals surface area contributed by atoms with Crippen LogP contribution >= 0.6 is 15.9 Å². The zero-order chi connectivity index (χ0) is 13.7. The molecule has 0 spiro atoms. The van der Waals surface area contributed by atoms with Crippen molar-refractivity contribution in [1.29, 1.82) is 0 Å². The highest BCUT2D eigenvalue weighted by Gasteiger charge is 2.16. The Morgan fingerprint density at radius 1 is 1.58 bits per heavy atom. The Labute approximate surface area is 121 Å². The van der Waals surface area contributed by atoms with E-state index in [1.165, 1.54) is 0 Å². The summed E-state index contributed by atoms with van der Waals surface area (Å²) in [6.07, 6.45) is 2.18. The van der Waals surface area contributed by atoms with E-state index in [1.807, 2.05) is 12.1 Å². The summed E-state index contributed by atoms with van der Waals surface area (Å²) in [4.78, 5) is 12.1. The molecule has 1 aromatic carbocycles. The average Bonchev–Trinajstić information content (AvgIpc) is 2.46. The van der Waals surface area contributed by atoms with Crippen molar-refractivity contribution in [3.05, 3.63) is 28.2 Å². The molecule has 1 saturated heterocycles. The Morgan fingerprint density at radius 3 is 3.11 bits per heavy atom. The number of carbonyl (C=O) groups excluding carboxylic acids is 1. The van der Waals surface area contributed by atoms with Gasteiger partial charge in [-0.2, -0.15) is 0 Å². The van der Waals surface area contributed by atoms with E-state index in [0.29, 0.717) is 23.8 Å². The van der Waals surface area contributed by atoms with Crippen LogP contribution in [0.5, 0.6) is 5.75 Å². The lowest BCUT2D eigenvalue weighted by molar-refractivity contribution is 0.0536. The summed E-state index contributed by atoms with van der Waals surface area (Å²) in [5.74, 6) is 1.01. The monoisotopic (exact) mass is 327 g/mol. The van der Waals surface area contributed by atoms with Crippen molar-refractivity contribution >= 4 is 21.8 Å². The van der Waals surface area contributed by atoms with Crippen molar-refractivity contribution in [3.63, 3.8) is 0 Å². The number of rotatable bonds is 4. The van der Waals surface area contributed by atoms with Crippen LogP contribution in [0.15, 0.2) is 22.7 Å². The first-order chi connectivity index (χ1) is 9.20. The molecule has 1 heterocycles. The molecule has 2 rings (SSSR count). The fraction of sp³-hybridized carbons (Fsp3) is 0.500. The van der Waals surface area contributed by atoms with Crippen molar-refractivity contribution in [2.45, 2.75) is 12.8 Å². The van der Waals surface area contributed by atoms with Gasteiger partial charge in [-0.05, 0) is 52.9 Å². The first-order valence-corrected chi connectivity index (χ1v) is 7.19. The molecule has 5 heteroatoms. The van der Waals surface area contributed by atoms with E-state index < -0.39 is 0 Å². The average molecular weight is 328 g/mol. The summed E-state index contributed by atoms with van der Waals surface area (Å²) in [5, 5.41) is 2.96. The molecule has 19 heavy (non-hydrogen) atoms. The largest absolute Gasteiger partial charge is 0.497 e. The highest BCUT2D eigenvalue weighted by Crippen LogP contribution is 2.22. The molecular weight excluding hydrogens is 310 g/mol. The van der Waals surface area contributed by atoms with Gasteiger partial charge in [0.05, 0.1) is 19.3 Å². The number of ether oxygens (including phenoxy) is 2. The fourth-order valence-corrected chi connectivity index (χ4v) is 2.53. The molecular formula is C14H18BrNO3. The van der Waals surface area contributed by atoms with Crippen LogP contribution in [0, 0.1) is 5.92 Å². The highest BCUT2D eigenvalue weighted by atomic mass is 79.9. The summed E-state index contributed by atoms with van der Waals surface area (Å²) in [6, 6.07) is 5.37. The standard InChI is InChI=1S/C14H18BrNO3/c1-18-11-4-5-13(15)12(7-11)14(17)16-8-10-3-2-6-19-9-10/h4-5,7,10H,2-3,6,8-9H2,1H3,(H,16,17). The second-order valence-corrected chi connectivity index (χ2v) is 5.49. The molecule has 1 N–H and O–H groups in total. The van der Waals surface area contributed by atoms with Gasteiger partial charge < -0.3 is 14.8 Å². The predicted octanol–water partition coefficient (Wildman–Crippen LogP) is 2.61. The van der Waals surface area contributed by atoms with Gasteiger partial charge in [-0.1, -0.05) is 0 Å². The first-order valence-electron chi connectivity index (χ1n) is 6.40. The zero-order valence-electron chi connectivity index (χ0n) is 10.9. The number of benzene rings is 1. The SMILES string of the molecule is COc1ccc(Br)c(C(=O)NCC2CCCOC2)c1. The van der Waals surface area contributed by atoms with E-state index in [9.17, 15) is 4.79 Å². The van der Waals surface area contributed by atoms with Crippen molar-refractivity contribution in [2.24, 2.45) is 5.92 Å². The van der Waals surface area contributed by atoms with Gasteiger partial charge in [0.15, 0.2) is 0 Å². The molecule has 4 nitrogen and oxygen atoms in total. The molecule has 1 atom stereocenters. The maximum atomic E-state index is 12.1. The number of nitrogens with one attached hydrogen (secondary N) is 1. The van der Waals surface area contributed by atoms with E-state index in [-0.39, 0.29) is 5.91 Å². The van der Waals surface area contributed by atoms with Gasteiger partial charge in [0.2, 0.25) is 0 Å². The van der Waals surface area contributed by atoms with Gasteiger partial charge in [-0.3, -0.25) is 4.79 Å². The smallest absolute Gasteiger partial charge is 0.252 e. The van der Waals surface area contributed by atoms with E-state index in [2.05, 4.69) is 21.2 Å². The van der Waals surface area contributed by atoms with E-state index in [1.54, 1.807) is 13.2 Å². The number of hydrogen-bond acceptors (Lipinski definition) is 3. The molecule has 0 aromatic heterocycles. The summed E-state index contributed by atoms with van der Waals surface area (Å²) in [6.45, 7) is 2.23. The van der Waals surface area contributed by atoms with Crippen LogP contribution in [0.1, 0.15) is 23.2 Å². The summed E-state index contributed by atoms with van der Waals surface area (Å²) >= 11 is 3.39. The Hall–Kier alpha value is -1.07. The van der Waals surface area contributed by atoms with Crippen LogP contribution < -0.4 is 10.1 Å². The second-order valence-electron chi connectivity index (χ2n) is 4.64. The van der Waals surface area contributed by atoms with Gasteiger partial charge in [-0.15, -0.1) is 0 Å². The van der Waals surface area contributed by atoms with E-state index in [0.717, 1.165) is 30.5 Å². The Morgan fingerprint density at radius 2 is 2.42 bits per heavy atom. The van der Waals surface area contributed by atoms with Crippen molar-refractivity contribution in [3.8, 4) is 5.75 Å². The Bertz CT molecular complexity index is 444. The lowest BCUT2D eigenvalue weighted by Gasteiger charge is -2.22. The molecule has 1 fully saturated rings. The third-order valence-corrected chi connectivity index (χ3v) is 3.92. The quantitative estimate of drug-likeness (QED) is 0.924. The molecule has 1 amide bonds. The van der Waals surface area contributed by atoms with Crippen molar-refractivity contribution in [2.75, 3.05) is 26.9 Å². The van der Waals surface area contributed by atoms with Crippen molar-refractivity contribution in [1.82, 2.24) is 5.32 Å². The number of carbonyl (C=O) groups is 1. The van der Waals surface area contributed by atoms with Crippen molar-refractivity contribution < 1.29 is 14.3 Å². The van der Waals surface area contributed by atoms with Crippen LogP contribution in [0.3, 0.4) is 0 Å². The maximum Gasteiger partial charge on any atom is 0.252 e. The molecule has 1 aliphatic heterocycles. The lowest BCUT2D eigenvalue weighted by Crippen LogP contribution is -2.33. The minimum Gasteiger partial charge on any atom is -0.497 e. The highest BCUT2D eigenvalue weighted by molar-refractivity contribution is 9.10. The van der Waals surface area contributed by atoms with Gasteiger partial charge in [0, 0.05) is 17.6 Å². The molecule has 0 aliphatic carbocycles. The molecule has 0 bridgehead atoms. The fourth-order valence-electron chi connectivity index (χ4n) is 2.11. The molecule has 1 aromatic rings. The van der Waals surface area contributed by atoms with Crippen LogP contribution in [0.25, 0.3) is 0 Å². The number of amides is 1. The molecule has 1 aliphatic rings. The van der Waals surface area contributed by atoms with Crippen LogP contribution in [-0.2, 0) is 4.74 Å². The number of methoxy groups -OCH3 is 1. The van der Waals surface area contributed by atoms with Crippen LogP contribution in [0.2, 0.25) is 0 Å². The second kappa shape index (κ2) is 6.91. The summed E-state index contributed by atoms with van der Waals surface area (Å²) in [7, 11) is 1.59. The third-order valence-electron chi connectivity index (χ3n) is 3.22. The predicted molar refractivity (Wildman–Crippen MR) is 76.6 cm³/mol. The molecule has 0 radical (unpaired) electrons. The van der Waals surface area contributed by atoms with Crippen LogP contribution in [0.4, 0.5) is 0 Å². The Balaban J connectivity index is 1.95. The van der Waals surface area contributed by atoms with E-state index in [4.69, 9.17) is 9.47 Å². The summed E-state index contributed by atoms with van der Waals surface area (Å²) < 4.78 is 11.3.